The lowest BCUT2D eigenvalue weighted by molar-refractivity contribution is -0.147. The summed E-state index contributed by atoms with van der Waals surface area (Å²) in [5.41, 5.74) is -0.734. The number of nitrogens with one attached hydrogen (secondary N) is 4. The van der Waals surface area contributed by atoms with E-state index in [-0.39, 0.29) is 31.9 Å². The molecular weight excluding hydrogens is 672 g/mol. The number of nitrogens with zero attached hydrogens (tertiary/aromatic N) is 4. The minimum Gasteiger partial charge on any atom is -0.461 e. The van der Waals surface area contributed by atoms with Crippen LogP contribution < -0.4 is 27.2 Å². The third kappa shape index (κ3) is 10.6. The summed E-state index contributed by atoms with van der Waals surface area (Å²) in [6, 6.07) is 3.69. The van der Waals surface area contributed by atoms with Crippen LogP contribution >= 0.6 is 28.1 Å². The molecule has 2 aromatic rings. The number of ether oxygens (including phenoxy) is 2. The molecule has 0 spiro atoms. The summed E-state index contributed by atoms with van der Waals surface area (Å²) >= 11 is 8.65. The van der Waals surface area contributed by atoms with Crippen LogP contribution in [0.5, 0.6) is 0 Å². The van der Waals surface area contributed by atoms with Gasteiger partial charge in [0.1, 0.15) is 25.1 Å². The predicted molar refractivity (Wildman–Crippen MR) is 171 cm³/mol. The van der Waals surface area contributed by atoms with Gasteiger partial charge in [-0.1, -0.05) is 6.08 Å². The number of rotatable bonds is 12. The van der Waals surface area contributed by atoms with Gasteiger partial charge in [0, 0.05) is 74.5 Å². The molecule has 0 unspecified atom stereocenters. The number of aromatic amines is 1. The number of piperazine rings is 1. The Morgan fingerprint density at radius 1 is 1.13 bits per heavy atom. The number of thiocarbonyl (C=S) groups is 1. The van der Waals surface area contributed by atoms with Crippen molar-refractivity contribution >= 4 is 56.9 Å². The van der Waals surface area contributed by atoms with Crippen molar-refractivity contribution in [3.8, 4) is 0 Å². The lowest BCUT2D eigenvalue weighted by Gasteiger charge is -2.34. The van der Waals surface area contributed by atoms with Crippen LogP contribution in [0.3, 0.4) is 0 Å². The highest BCUT2D eigenvalue weighted by Crippen LogP contribution is 2.19. The third-order valence-electron chi connectivity index (χ3n) is 7.04. The van der Waals surface area contributed by atoms with Gasteiger partial charge in [-0.2, -0.15) is 0 Å². The van der Waals surface area contributed by atoms with Crippen molar-refractivity contribution in [2.24, 2.45) is 0 Å². The maximum Gasteiger partial charge on any atom is 0.330 e. The fraction of sp³-hybridized carbons (Fsp3) is 0.464. The van der Waals surface area contributed by atoms with Crippen LogP contribution in [0, 0.1) is 6.92 Å². The number of hydrogen-bond donors (Lipinski definition) is 4. The maximum absolute atomic E-state index is 12.6. The number of halogens is 1. The van der Waals surface area contributed by atoms with Crippen molar-refractivity contribution in [2.45, 2.75) is 32.1 Å². The van der Waals surface area contributed by atoms with Gasteiger partial charge in [0.15, 0.2) is 11.3 Å². The molecule has 242 valence electrons. The summed E-state index contributed by atoms with van der Waals surface area (Å²) in [6.07, 6.45) is 4.99. The molecule has 2 aliphatic heterocycles. The Balaban J connectivity index is 1.04. The van der Waals surface area contributed by atoms with E-state index < -0.39 is 35.5 Å². The highest BCUT2D eigenvalue weighted by atomic mass is 79.9. The molecule has 17 heteroatoms. The summed E-state index contributed by atoms with van der Waals surface area (Å²) in [7, 11) is 0. The molecule has 2 aromatic heterocycles. The van der Waals surface area contributed by atoms with E-state index in [0.717, 1.165) is 11.0 Å². The molecule has 1 fully saturated rings. The van der Waals surface area contributed by atoms with Crippen LogP contribution in [0.1, 0.15) is 24.6 Å². The van der Waals surface area contributed by atoms with Gasteiger partial charge in [0.2, 0.25) is 11.8 Å². The Bertz CT molecular complexity index is 1520. The molecule has 1 saturated heterocycles. The van der Waals surface area contributed by atoms with E-state index in [0.29, 0.717) is 49.2 Å². The third-order valence-corrected chi connectivity index (χ3v) is 7.75. The molecular formula is C28H35BrN8O7S. The standard InChI is InChI=1S/C28H35BrN8O7S/c1-18-16-37(28(42)34-26(18)41)24-7-3-20(44-24)17-43-25(40)15-32-22(38)5-6-23(39)36-12-10-35(11-13-36)9-8-30-27(45)33-21-4-2-19(29)14-31-21/h2-4,7,14,16,20,24H,5-6,8-13,15,17H2,1H3,(H,32,38)(H,34,41,42)(H2,30,31,33,45)/t20-,24+/m0/s1. The van der Waals surface area contributed by atoms with Crippen LogP contribution in [-0.4, -0.2) is 106 Å². The number of H-pyrrole nitrogens is 1. The number of amides is 2. The second-order valence-corrected chi connectivity index (χ2v) is 11.7. The van der Waals surface area contributed by atoms with Gasteiger partial charge < -0.3 is 30.3 Å². The smallest absolute Gasteiger partial charge is 0.330 e. The topological polar surface area (TPSA) is 180 Å². The SMILES string of the molecule is Cc1cn([C@H]2C=C[C@@H](COC(=O)CNC(=O)CCC(=O)N3CCN(CCNC(=S)Nc4ccc(Br)cn4)CC3)O2)c(=O)[nH]c1=O. The molecule has 0 aromatic carbocycles. The quantitative estimate of drug-likeness (QED) is 0.132. The summed E-state index contributed by atoms with van der Waals surface area (Å²) in [5, 5.41) is 9.13. The fourth-order valence-corrected chi connectivity index (χ4v) is 4.98. The molecule has 0 aliphatic carbocycles. The van der Waals surface area contributed by atoms with E-state index in [1.54, 1.807) is 30.2 Å². The molecule has 4 heterocycles. The first-order valence-electron chi connectivity index (χ1n) is 14.3. The Morgan fingerprint density at radius 3 is 2.64 bits per heavy atom. The highest BCUT2D eigenvalue weighted by molar-refractivity contribution is 9.10. The number of hydrogen-bond acceptors (Lipinski definition) is 10. The van der Waals surface area contributed by atoms with E-state index in [2.05, 4.69) is 46.7 Å². The molecule has 4 N–H and O–H groups in total. The first kappa shape index (κ1) is 34.0. The molecule has 0 radical (unpaired) electrons. The number of aryl methyl sites for hydroxylation is 1. The molecule has 15 nitrogen and oxygen atoms in total. The second kappa shape index (κ2) is 16.4. The Labute approximate surface area is 272 Å². The zero-order valence-electron chi connectivity index (χ0n) is 24.6. The van der Waals surface area contributed by atoms with Crippen molar-refractivity contribution < 1.29 is 23.9 Å². The van der Waals surface area contributed by atoms with Crippen LogP contribution in [0.4, 0.5) is 5.82 Å². The molecule has 45 heavy (non-hydrogen) atoms. The largest absolute Gasteiger partial charge is 0.461 e. The average Bonchev–Trinajstić information content (AvgIpc) is 3.50. The summed E-state index contributed by atoms with van der Waals surface area (Å²) in [6.45, 7) is 5.05. The second-order valence-electron chi connectivity index (χ2n) is 10.4. The van der Waals surface area contributed by atoms with Gasteiger partial charge in [0.05, 0.1) is 0 Å². The number of pyridine rings is 1. The van der Waals surface area contributed by atoms with Crippen LogP contribution in [-0.2, 0) is 23.9 Å². The zero-order valence-corrected chi connectivity index (χ0v) is 27.0. The van der Waals surface area contributed by atoms with E-state index >= 15 is 0 Å². The minimum atomic E-state index is -0.748. The van der Waals surface area contributed by atoms with Crippen molar-refractivity contribution in [1.29, 1.82) is 0 Å². The number of carbonyl (C=O) groups is 3. The van der Waals surface area contributed by atoms with Crippen LogP contribution in [0.15, 0.2) is 50.7 Å². The number of anilines is 1. The van der Waals surface area contributed by atoms with Gasteiger partial charge in [-0.3, -0.25) is 33.6 Å². The normalized spacial score (nSPS) is 18.0. The number of esters is 1. The zero-order chi connectivity index (χ0) is 32.3. The van der Waals surface area contributed by atoms with Crippen molar-refractivity contribution in [3.63, 3.8) is 0 Å². The van der Waals surface area contributed by atoms with E-state index in [4.69, 9.17) is 21.7 Å². The summed E-state index contributed by atoms with van der Waals surface area (Å²) < 4.78 is 13.0. The van der Waals surface area contributed by atoms with Crippen LogP contribution in [0.25, 0.3) is 0 Å². The fourth-order valence-electron chi connectivity index (χ4n) is 4.54. The minimum absolute atomic E-state index is 0.0398. The maximum atomic E-state index is 12.6. The number of carbonyl (C=O) groups excluding carboxylic acids is 3. The summed E-state index contributed by atoms with van der Waals surface area (Å²) in [4.78, 5) is 70.9. The monoisotopic (exact) mass is 706 g/mol. The van der Waals surface area contributed by atoms with Crippen molar-refractivity contribution in [3.05, 3.63) is 67.6 Å². The van der Waals surface area contributed by atoms with Gasteiger partial charge in [-0.25, -0.2) is 9.78 Å². The van der Waals surface area contributed by atoms with E-state index in [1.165, 1.54) is 10.8 Å². The molecule has 2 aliphatic rings. The molecule has 0 bridgehead atoms. The van der Waals surface area contributed by atoms with Gasteiger partial charge >= 0.3 is 11.7 Å². The van der Waals surface area contributed by atoms with Crippen molar-refractivity contribution in [1.82, 2.24) is 35.0 Å². The van der Waals surface area contributed by atoms with Gasteiger partial charge in [-0.05, 0) is 53.3 Å². The van der Waals surface area contributed by atoms with Crippen LogP contribution in [0.2, 0.25) is 0 Å². The Hall–Kier alpha value is -3.93. The summed E-state index contributed by atoms with van der Waals surface area (Å²) in [5.74, 6) is -0.565. The highest BCUT2D eigenvalue weighted by Gasteiger charge is 2.24. The van der Waals surface area contributed by atoms with Gasteiger partial charge in [-0.15, -0.1) is 0 Å². The average molecular weight is 708 g/mol. The molecule has 0 saturated carbocycles. The molecule has 2 atom stereocenters. The lowest BCUT2D eigenvalue weighted by atomic mass is 10.2. The first-order chi connectivity index (χ1) is 21.6. The first-order valence-corrected chi connectivity index (χ1v) is 15.5. The number of aromatic nitrogens is 3. The van der Waals surface area contributed by atoms with Crippen molar-refractivity contribution in [2.75, 3.05) is 57.7 Å². The lowest BCUT2D eigenvalue weighted by Crippen LogP contribution is -2.50. The molecule has 2 amide bonds. The van der Waals surface area contributed by atoms with E-state index in [9.17, 15) is 24.0 Å². The Morgan fingerprint density at radius 2 is 1.91 bits per heavy atom. The Kier molecular flexibility index (Phi) is 12.4. The molecule has 4 rings (SSSR count). The predicted octanol–water partition coefficient (Wildman–Crippen LogP) is 0.0265. The van der Waals surface area contributed by atoms with Gasteiger partial charge in [0.25, 0.3) is 5.56 Å². The van der Waals surface area contributed by atoms with E-state index in [1.807, 2.05) is 12.1 Å².